The van der Waals surface area contributed by atoms with Crippen LogP contribution >= 0.6 is 0 Å². The van der Waals surface area contributed by atoms with E-state index in [0.717, 1.165) is 54.8 Å². The van der Waals surface area contributed by atoms with E-state index in [-0.39, 0.29) is 12.9 Å². The van der Waals surface area contributed by atoms with Crippen LogP contribution in [0.3, 0.4) is 0 Å². The van der Waals surface area contributed by atoms with E-state index in [1.807, 2.05) is 29.8 Å². The zero-order valence-electron chi connectivity index (χ0n) is 14.6. The minimum Gasteiger partial charge on any atom is -0.454 e. The fourth-order valence-electron chi connectivity index (χ4n) is 3.24. The smallest absolute Gasteiger partial charge is 0.231 e. The van der Waals surface area contributed by atoms with Gasteiger partial charge in [-0.15, -0.1) is 0 Å². The summed E-state index contributed by atoms with van der Waals surface area (Å²) < 4.78 is 23.7. The van der Waals surface area contributed by atoms with Gasteiger partial charge in [-0.25, -0.2) is 9.67 Å². The molecule has 1 aromatic heterocycles. The van der Waals surface area contributed by atoms with Crippen molar-refractivity contribution in [3.63, 3.8) is 0 Å². The minimum atomic E-state index is -0.116. The fraction of sp³-hybridized carbons (Fsp3) is 0.556. The molecular formula is C18H23N3O4. The minimum absolute atomic E-state index is 0.116. The van der Waals surface area contributed by atoms with Gasteiger partial charge in [-0.2, -0.15) is 5.10 Å². The van der Waals surface area contributed by atoms with Crippen molar-refractivity contribution in [2.24, 2.45) is 0 Å². The standard InChI is InChI=1S/C18H23N3O4/c1-12(22-2)18-19-17(14-5-7-23-8-6-14)20-21(18)10-13-3-4-15-16(9-13)25-11-24-15/h3-4,9,12,14H,5-8,10-11H2,1-2H3/t12-/m0/s1. The van der Waals surface area contributed by atoms with Crippen LogP contribution in [-0.4, -0.2) is 41.9 Å². The third kappa shape index (κ3) is 3.34. The Hall–Kier alpha value is -2.12. The molecule has 0 saturated carbocycles. The highest BCUT2D eigenvalue weighted by Crippen LogP contribution is 2.33. The molecular weight excluding hydrogens is 322 g/mol. The van der Waals surface area contributed by atoms with E-state index < -0.39 is 0 Å². The van der Waals surface area contributed by atoms with E-state index in [0.29, 0.717) is 12.5 Å². The molecule has 0 amide bonds. The number of hydrogen-bond donors (Lipinski definition) is 0. The normalized spacial score (nSPS) is 18.5. The molecule has 7 heteroatoms. The number of fused-ring (bicyclic) bond motifs is 1. The summed E-state index contributed by atoms with van der Waals surface area (Å²) in [5.41, 5.74) is 1.09. The maximum Gasteiger partial charge on any atom is 0.231 e. The lowest BCUT2D eigenvalue weighted by Gasteiger charge is -2.18. The zero-order valence-corrected chi connectivity index (χ0v) is 14.6. The predicted octanol–water partition coefficient (Wildman–Crippen LogP) is 2.66. The zero-order chi connectivity index (χ0) is 17.2. The topological polar surface area (TPSA) is 67.6 Å². The van der Waals surface area contributed by atoms with Gasteiger partial charge >= 0.3 is 0 Å². The summed E-state index contributed by atoms with van der Waals surface area (Å²) >= 11 is 0. The molecule has 0 aliphatic carbocycles. The van der Waals surface area contributed by atoms with Crippen LogP contribution in [0, 0.1) is 0 Å². The van der Waals surface area contributed by atoms with Gasteiger partial charge in [-0.1, -0.05) is 6.07 Å². The van der Waals surface area contributed by atoms with Crippen molar-refractivity contribution in [2.75, 3.05) is 27.1 Å². The molecule has 134 valence electrons. The van der Waals surface area contributed by atoms with Gasteiger partial charge in [0, 0.05) is 26.2 Å². The highest BCUT2D eigenvalue weighted by atomic mass is 16.7. The second kappa shape index (κ2) is 7.01. The highest BCUT2D eigenvalue weighted by Gasteiger charge is 2.24. The van der Waals surface area contributed by atoms with E-state index in [4.69, 9.17) is 29.0 Å². The summed E-state index contributed by atoms with van der Waals surface area (Å²) in [6.07, 6.45) is 1.82. The molecule has 0 unspecified atom stereocenters. The van der Waals surface area contributed by atoms with Gasteiger partial charge in [0.05, 0.1) is 6.54 Å². The van der Waals surface area contributed by atoms with E-state index in [1.165, 1.54) is 0 Å². The number of nitrogens with zero attached hydrogens (tertiary/aromatic N) is 3. The van der Waals surface area contributed by atoms with Gasteiger partial charge < -0.3 is 18.9 Å². The van der Waals surface area contributed by atoms with Gasteiger partial charge in [0.25, 0.3) is 0 Å². The maximum atomic E-state index is 5.50. The van der Waals surface area contributed by atoms with E-state index >= 15 is 0 Å². The van der Waals surface area contributed by atoms with Crippen LogP contribution in [0.25, 0.3) is 0 Å². The Morgan fingerprint density at radius 1 is 1.24 bits per heavy atom. The molecule has 4 rings (SSSR count). The van der Waals surface area contributed by atoms with Gasteiger partial charge in [-0.3, -0.25) is 0 Å². The molecule has 0 bridgehead atoms. The van der Waals surface area contributed by atoms with Crippen LogP contribution < -0.4 is 9.47 Å². The van der Waals surface area contributed by atoms with Crippen LogP contribution in [0.2, 0.25) is 0 Å². The lowest BCUT2D eigenvalue weighted by molar-refractivity contribution is 0.0834. The Labute approximate surface area is 146 Å². The summed E-state index contributed by atoms with van der Waals surface area (Å²) in [5.74, 6) is 3.67. The van der Waals surface area contributed by atoms with Crippen molar-refractivity contribution < 1.29 is 18.9 Å². The third-order valence-corrected chi connectivity index (χ3v) is 4.79. The van der Waals surface area contributed by atoms with Gasteiger partial charge in [0.1, 0.15) is 6.10 Å². The van der Waals surface area contributed by atoms with Gasteiger partial charge in [-0.05, 0) is 37.5 Å². The summed E-state index contributed by atoms with van der Waals surface area (Å²) in [7, 11) is 1.69. The first-order chi connectivity index (χ1) is 12.2. The molecule has 25 heavy (non-hydrogen) atoms. The number of aromatic nitrogens is 3. The molecule has 1 atom stereocenters. The molecule has 0 radical (unpaired) electrons. The first-order valence-electron chi connectivity index (χ1n) is 8.68. The average Bonchev–Trinajstić information content (AvgIpc) is 3.28. The number of methoxy groups -OCH3 is 1. The van der Waals surface area contributed by atoms with E-state index in [9.17, 15) is 0 Å². The van der Waals surface area contributed by atoms with Crippen molar-refractivity contribution in [1.29, 1.82) is 0 Å². The first kappa shape index (κ1) is 16.4. The number of rotatable bonds is 5. The predicted molar refractivity (Wildman–Crippen MR) is 89.9 cm³/mol. The molecule has 1 fully saturated rings. The fourth-order valence-corrected chi connectivity index (χ4v) is 3.24. The number of ether oxygens (including phenoxy) is 4. The molecule has 3 heterocycles. The highest BCUT2D eigenvalue weighted by molar-refractivity contribution is 5.44. The van der Waals surface area contributed by atoms with Crippen molar-refractivity contribution in [3.8, 4) is 11.5 Å². The molecule has 0 spiro atoms. The molecule has 7 nitrogen and oxygen atoms in total. The summed E-state index contributed by atoms with van der Waals surface area (Å²) in [6.45, 7) is 4.44. The molecule has 2 aliphatic rings. The second-order valence-electron chi connectivity index (χ2n) is 6.44. The Morgan fingerprint density at radius 3 is 2.84 bits per heavy atom. The SMILES string of the molecule is CO[C@@H](C)c1nc(C2CCOCC2)nn1Cc1ccc2c(c1)OCO2. The first-order valence-corrected chi connectivity index (χ1v) is 8.68. The summed E-state index contributed by atoms with van der Waals surface area (Å²) in [5, 5.41) is 4.79. The monoisotopic (exact) mass is 345 g/mol. The van der Waals surface area contributed by atoms with E-state index in [2.05, 4.69) is 0 Å². The van der Waals surface area contributed by atoms with Crippen LogP contribution in [0.5, 0.6) is 11.5 Å². The van der Waals surface area contributed by atoms with Gasteiger partial charge in [0.15, 0.2) is 23.1 Å². The summed E-state index contributed by atoms with van der Waals surface area (Å²) in [4.78, 5) is 4.79. The second-order valence-corrected chi connectivity index (χ2v) is 6.44. The van der Waals surface area contributed by atoms with Crippen molar-refractivity contribution >= 4 is 0 Å². The Balaban J connectivity index is 1.61. The molecule has 2 aliphatic heterocycles. The largest absolute Gasteiger partial charge is 0.454 e. The van der Waals surface area contributed by atoms with Crippen LogP contribution in [-0.2, 0) is 16.0 Å². The van der Waals surface area contributed by atoms with Crippen LogP contribution in [0.15, 0.2) is 18.2 Å². The molecule has 1 aromatic carbocycles. The average molecular weight is 345 g/mol. The number of benzene rings is 1. The number of hydrogen-bond acceptors (Lipinski definition) is 6. The lowest BCUT2D eigenvalue weighted by atomic mass is 10.00. The van der Waals surface area contributed by atoms with Crippen molar-refractivity contribution in [3.05, 3.63) is 35.4 Å². The van der Waals surface area contributed by atoms with E-state index in [1.54, 1.807) is 7.11 Å². The van der Waals surface area contributed by atoms with Crippen molar-refractivity contribution in [1.82, 2.24) is 14.8 Å². The van der Waals surface area contributed by atoms with Gasteiger partial charge in [0.2, 0.25) is 6.79 Å². The quantitative estimate of drug-likeness (QED) is 0.830. The van der Waals surface area contributed by atoms with Crippen LogP contribution in [0.1, 0.15) is 49.0 Å². The Morgan fingerprint density at radius 2 is 2.04 bits per heavy atom. The molecule has 0 N–H and O–H groups in total. The maximum absolute atomic E-state index is 5.50. The summed E-state index contributed by atoms with van der Waals surface area (Å²) in [6, 6.07) is 5.97. The lowest BCUT2D eigenvalue weighted by Crippen LogP contribution is -2.15. The third-order valence-electron chi connectivity index (χ3n) is 4.79. The Kier molecular flexibility index (Phi) is 4.59. The van der Waals surface area contributed by atoms with Crippen LogP contribution in [0.4, 0.5) is 0 Å². The Bertz CT molecular complexity index is 740. The van der Waals surface area contributed by atoms with Crippen molar-refractivity contribution in [2.45, 2.75) is 38.3 Å². The molecule has 2 aromatic rings. The molecule has 1 saturated heterocycles.